The molecule has 0 spiro atoms. The van der Waals surface area contributed by atoms with Crippen LogP contribution >= 0.6 is 0 Å². The fourth-order valence-electron chi connectivity index (χ4n) is 2.02. The van der Waals surface area contributed by atoms with E-state index in [0.717, 1.165) is 19.4 Å². The number of pyridine rings is 1. The molecular weight excluding hydrogens is 238 g/mol. The maximum absolute atomic E-state index is 11.5. The topological polar surface area (TPSA) is 85.1 Å². The maximum atomic E-state index is 11.5. The lowest BCUT2D eigenvalue weighted by Crippen LogP contribution is -2.39. The zero-order valence-corrected chi connectivity index (χ0v) is 10.6. The minimum absolute atomic E-state index is 0.253. The molecular formula is C11H17N3O2S. The zero-order valence-electron chi connectivity index (χ0n) is 9.76. The summed E-state index contributed by atoms with van der Waals surface area (Å²) in [5.41, 5.74) is 5.70. The highest BCUT2D eigenvalue weighted by Gasteiger charge is 2.26. The Kier molecular flexibility index (Phi) is 3.35. The second-order valence-electron chi connectivity index (χ2n) is 4.60. The molecule has 0 radical (unpaired) electrons. The van der Waals surface area contributed by atoms with Gasteiger partial charge in [-0.1, -0.05) is 0 Å². The first-order valence-electron chi connectivity index (χ1n) is 5.61. The van der Waals surface area contributed by atoms with Crippen LogP contribution in [0.1, 0.15) is 12.8 Å². The zero-order chi connectivity index (χ0) is 12.5. The second-order valence-corrected chi connectivity index (χ2v) is 6.58. The van der Waals surface area contributed by atoms with Crippen LogP contribution in [0.2, 0.25) is 0 Å². The van der Waals surface area contributed by atoms with Crippen molar-refractivity contribution in [3.05, 3.63) is 18.3 Å². The van der Waals surface area contributed by atoms with Gasteiger partial charge in [0.2, 0.25) is 0 Å². The van der Waals surface area contributed by atoms with Gasteiger partial charge < -0.3 is 11.1 Å². The van der Waals surface area contributed by atoms with Crippen LogP contribution < -0.4 is 11.1 Å². The normalized spacial score (nSPS) is 24.1. The Hall–Kier alpha value is -1.14. The van der Waals surface area contributed by atoms with Crippen LogP contribution in [0.15, 0.2) is 23.2 Å². The Morgan fingerprint density at radius 3 is 2.82 bits per heavy atom. The van der Waals surface area contributed by atoms with E-state index in [0.29, 0.717) is 17.8 Å². The number of nitrogens with one attached hydrogen (secondary N) is 1. The standard InChI is InChI=1S/C11H17N3O2S/c1-17(15,16)10-3-2-4-13-11(10)14-7-8-5-9(12)6-8/h2-4,8-9H,5-7,12H2,1H3,(H,13,14). The first-order valence-corrected chi connectivity index (χ1v) is 7.50. The first kappa shape index (κ1) is 12.3. The van der Waals surface area contributed by atoms with E-state index in [-0.39, 0.29) is 4.90 Å². The molecule has 0 aromatic carbocycles. The SMILES string of the molecule is CS(=O)(=O)c1cccnc1NCC1CC(N)C1. The molecule has 1 heterocycles. The van der Waals surface area contributed by atoms with Crippen LogP contribution in [0.4, 0.5) is 5.82 Å². The van der Waals surface area contributed by atoms with Gasteiger partial charge in [-0.05, 0) is 30.9 Å². The molecule has 0 atom stereocenters. The van der Waals surface area contributed by atoms with Gasteiger partial charge in [0.15, 0.2) is 9.84 Å². The molecule has 1 saturated carbocycles. The molecule has 0 unspecified atom stereocenters. The molecule has 0 saturated heterocycles. The smallest absolute Gasteiger partial charge is 0.179 e. The lowest BCUT2D eigenvalue weighted by molar-refractivity contribution is 0.280. The summed E-state index contributed by atoms with van der Waals surface area (Å²) in [4.78, 5) is 4.33. The lowest BCUT2D eigenvalue weighted by Gasteiger charge is -2.32. The Morgan fingerprint density at radius 1 is 1.53 bits per heavy atom. The fraction of sp³-hybridized carbons (Fsp3) is 0.545. The summed E-state index contributed by atoms with van der Waals surface area (Å²) in [6, 6.07) is 3.50. The highest BCUT2D eigenvalue weighted by atomic mass is 32.2. The molecule has 1 fully saturated rings. The van der Waals surface area contributed by atoms with Crippen LogP contribution in [-0.4, -0.2) is 32.2 Å². The molecule has 0 bridgehead atoms. The minimum Gasteiger partial charge on any atom is -0.369 e. The average Bonchev–Trinajstić information content (AvgIpc) is 2.22. The highest BCUT2D eigenvalue weighted by Crippen LogP contribution is 2.26. The van der Waals surface area contributed by atoms with Crippen molar-refractivity contribution >= 4 is 15.7 Å². The van der Waals surface area contributed by atoms with E-state index in [1.807, 2.05) is 0 Å². The van der Waals surface area contributed by atoms with Crippen molar-refractivity contribution in [1.29, 1.82) is 0 Å². The first-order chi connectivity index (χ1) is 7.97. The molecule has 5 nitrogen and oxygen atoms in total. The van der Waals surface area contributed by atoms with Crippen molar-refractivity contribution < 1.29 is 8.42 Å². The number of nitrogens with zero attached hydrogens (tertiary/aromatic N) is 1. The number of sulfone groups is 1. The quantitative estimate of drug-likeness (QED) is 0.824. The molecule has 0 amide bonds. The van der Waals surface area contributed by atoms with Gasteiger partial charge in [0.1, 0.15) is 10.7 Å². The third-order valence-corrected chi connectivity index (χ3v) is 4.13. The van der Waals surface area contributed by atoms with Crippen molar-refractivity contribution in [3.8, 4) is 0 Å². The minimum atomic E-state index is -3.23. The largest absolute Gasteiger partial charge is 0.369 e. The number of rotatable bonds is 4. The van der Waals surface area contributed by atoms with Gasteiger partial charge >= 0.3 is 0 Å². The summed E-state index contributed by atoms with van der Waals surface area (Å²) in [5, 5.41) is 3.10. The third-order valence-electron chi connectivity index (χ3n) is 3.00. The molecule has 1 aromatic heterocycles. The Labute approximate surface area is 101 Å². The molecule has 1 aliphatic carbocycles. The number of hydrogen-bond donors (Lipinski definition) is 2. The summed E-state index contributed by atoms with van der Waals surface area (Å²) in [5.74, 6) is 0.967. The predicted molar refractivity (Wildman–Crippen MR) is 66.5 cm³/mol. The van der Waals surface area contributed by atoms with E-state index in [4.69, 9.17) is 5.73 Å². The summed E-state index contributed by atoms with van der Waals surface area (Å²) < 4.78 is 23.1. The van der Waals surface area contributed by atoms with Gasteiger partial charge in [-0.3, -0.25) is 0 Å². The average molecular weight is 255 g/mol. The van der Waals surface area contributed by atoms with Gasteiger partial charge in [-0.15, -0.1) is 0 Å². The number of hydrogen-bond acceptors (Lipinski definition) is 5. The molecule has 1 aliphatic rings. The van der Waals surface area contributed by atoms with Crippen molar-refractivity contribution in [2.45, 2.75) is 23.8 Å². The summed E-state index contributed by atoms with van der Waals surface area (Å²) in [6.45, 7) is 0.729. The van der Waals surface area contributed by atoms with Gasteiger partial charge in [0.05, 0.1) is 0 Å². The van der Waals surface area contributed by atoms with E-state index < -0.39 is 9.84 Å². The number of anilines is 1. The van der Waals surface area contributed by atoms with Gasteiger partial charge in [0, 0.05) is 25.0 Å². The van der Waals surface area contributed by atoms with Crippen molar-refractivity contribution in [2.24, 2.45) is 11.7 Å². The lowest BCUT2D eigenvalue weighted by atomic mass is 9.81. The Balaban J connectivity index is 2.05. The van der Waals surface area contributed by atoms with Gasteiger partial charge in [-0.2, -0.15) is 0 Å². The van der Waals surface area contributed by atoms with Crippen LogP contribution in [0.25, 0.3) is 0 Å². The van der Waals surface area contributed by atoms with Crippen molar-refractivity contribution in [1.82, 2.24) is 4.98 Å². The Morgan fingerprint density at radius 2 is 2.24 bits per heavy atom. The van der Waals surface area contributed by atoms with E-state index >= 15 is 0 Å². The van der Waals surface area contributed by atoms with Crippen molar-refractivity contribution in [3.63, 3.8) is 0 Å². The molecule has 3 N–H and O–H groups in total. The molecule has 94 valence electrons. The van der Waals surface area contributed by atoms with Crippen LogP contribution in [0, 0.1) is 5.92 Å². The van der Waals surface area contributed by atoms with Crippen molar-refractivity contribution in [2.75, 3.05) is 18.1 Å². The molecule has 1 aromatic rings. The molecule has 6 heteroatoms. The summed E-state index contributed by atoms with van der Waals surface area (Å²) in [7, 11) is -3.23. The number of aromatic nitrogens is 1. The maximum Gasteiger partial charge on any atom is 0.179 e. The molecule has 17 heavy (non-hydrogen) atoms. The van der Waals surface area contributed by atoms with E-state index in [1.54, 1.807) is 18.3 Å². The summed E-state index contributed by atoms with van der Waals surface area (Å²) >= 11 is 0. The van der Waals surface area contributed by atoms with E-state index in [9.17, 15) is 8.42 Å². The molecule has 0 aliphatic heterocycles. The third kappa shape index (κ3) is 2.95. The number of nitrogens with two attached hydrogens (primary N) is 1. The summed E-state index contributed by atoms with van der Waals surface area (Å²) in [6.07, 6.45) is 4.76. The monoisotopic (exact) mass is 255 g/mol. The fourth-order valence-corrected chi connectivity index (χ4v) is 2.82. The van der Waals surface area contributed by atoms with E-state index in [2.05, 4.69) is 10.3 Å². The van der Waals surface area contributed by atoms with Crippen LogP contribution in [0.3, 0.4) is 0 Å². The van der Waals surface area contributed by atoms with Gasteiger partial charge in [-0.25, -0.2) is 13.4 Å². The van der Waals surface area contributed by atoms with Crippen LogP contribution in [-0.2, 0) is 9.84 Å². The molecule has 2 rings (SSSR count). The second kappa shape index (κ2) is 4.62. The van der Waals surface area contributed by atoms with Crippen LogP contribution in [0.5, 0.6) is 0 Å². The van der Waals surface area contributed by atoms with E-state index in [1.165, 1.54) is 6.26 Å². The highest BCUT2D eigenvalue weighted by molar-refractivity contribution is 7.90. The van der Waals surface area contributed by atoms with Gasteiger partial charge in [0.25, 0.3) is 0 Å². The predicted octanol–water partition coefficient (Wildman–Crippen LogP) is 0.634. The Bertz CT molecular complexity index is 495.